The van der Waals surface area contributed by atoms with Crippen molar-refractivity contribution in [1.29, 1.82) is 0 Å². The molecule has 0 bridgehead atoms. The number of allylic oxidation sites excluding steroid dienone is 1. The number of carbonyl (C=O) groups is 1. The van der Waals surface area contributed by atoms with Gasteiger partial charge in [0.1, 0.15) is 7.28 Å². The number of rotatable bonds is 8. The summed E-state index contributed by atoms with van der Waals surface area (Å²) >= 11 is 0. The largest absolute Gasteiger partial charge is 0.462 e. The second-order valence-electron chi connectivity index (χ2n) is 5.45. The first-order valence-corrected chi connectivity index (χ1v) is 6.71. The van der Waals surface area contributed by atoms with Crippen molar-refractivity contribution in [3.8, 4) is 0 Å². The van der Waals surface area contributed by atoms with Crippen molar-refractivity contribution in [1.82, 2.24) is 0 Å². The molecule has 0 saturated carbocycles. The Kier molecular flexibility index (Phi) is 7.25. The van der Waals surface area contributed by atoms with Crippen LogP contribution in [-0.2, 0) is 9.53 Å². The van der Waals surface area contributed by atoms with E-state index in [-0.39, 0.29) is 17.5 Å². The van der Waals surface area contributed by atoms with Gasteiger partial charge < -0.3 is 4.74 Å². The van der Waals surface area contributed by atoms with E-state index in [1.54, 1.807) is 0 Å². The van der Waals surface area contributed by atoms with Gasteiger partial charge in [0.2, 0.25) is 0 Å². The molecule has 0 aromatic rings. The minimum atomic E-state index is -0.389. The van der Waals surface area contributed by atoms with E-state index in [1.807, 2.05) is 33.8 Å². The molecule has 3 heteroatoms. The Morgan fingerprint density at radius 3 is 2.41 bits per heavy atom. The maximum atomic E-state index is 12.0. The van der Waals surface area contributed by atoms with Gasteiger partial charge in [-0.2, -0.15) is 0 Å². The Bertz CT molecular complexity index is 249. The van der Waals surface area contributed by atoms with Crippen molar-refractivity contribution in [2.45, 2.75) is 65.7 Å². The lowest BCUT2D eigenvalue weighted by molar-refractivity contribution is -0.157. The number of carbonyl (C=O) groups excluding carboxylic acids is 1. The fraction of sp³-hybridized carbons (Fsp3) is 0.786. The van der Waals surface area contributed by atoms with Crippen molar-refractivity contribution >= 4 is 13.2 Å². The van der Waals surface area contributed by atoms with Crippen LogP contribution in [0.3, 0.4) is 0 Å². The zero-order valence-electron chi connectivity index (χ0n) is 12.1. The van der Waals surface area contributed by atoms with E-state index in [4.69, 9.17) is 4.74 Å². The van der Waals surface area contributed by atoms with E-state index in [1.165, 1.54) is 0 Å². The Labute approximate surface area is 107 Å². The van der Waals surface area contributed by atoms with Crippen LogP contribution < -0.4 is 0 Å². The van der Waals surface area contributed by atoms with E-state index in [9.17, 15) is 4.79 Å². The molecule has 0 aromatic heterocycles. The molecule has 17 heavy (non-hydrogen) atoms. The highest BCUT2D eigenvalue weighted by Crippen LogP contribution is 2.27. The standard InChI is InChI=1S/C14H27BO2/c1-7-11(4)17-13(16)14(5,6)10-15-12(8-2)9-3/h8,11-12,15H,2,7,9-10H2,1,3-6H3. The Balaban J connectivity index is 4.26. The summed E-state index contributed by atoms with van der Waals surface area (Å²) in [6.07, 6.45) is 4.80. The highest BCUT2D eigenvalue weighted by Gasteiger charge is 2.30. The van der Waals surface area contributed by atoms with Crippen LogP contribution in [0.4, 0.5) is 0 Å². The fourth-order valence-corrected chi connectivity index (χ4v) is 1.56. The van der Waals surface area contributed by atoms with Gasteiger partial charge in [0, 0.05) is 0 Å². The van der Waals surface area contributed by atoms with Crippen LogP contribution in [-0.4, -0.2) is 19.4 Å². The zero-order valence-corrected chi connectivity index (χ0v) is 12.1. The molecule has 0 heterocycles. The number of esters is 1. The van der Waals surface area contributed by atoms with Crippen LogP contribution in [0.25, 0.3) is 0 Å². The Hall–Kier alpha value is -0.725. The maximum Gasteiger partial charge on any atom is 0.311 e. The third-order valence-corrected chi connectivity index (χ3v) is 3.43. The second kappa shape index (κ2) is 7.57. The van der Waals surface area contributed by atoms with E-state index in [2.05, 4.69) is 13.5 Å². The Morgan fingerprint density at radius 2 is 2.00 bits per heavy atom. The van der Waals surface area contributed by atoms with Gasteiger partial charge in [-0.25, -0.2) is 0 Å². The molecule has 0 aliphatic rings. The van der Waals surface area contributed by atoms with Gasteiger partial charge in [-0.15, -0.1) is 6.58 Å². The summed E-state index contributed by atoms with van der Waals surface area (Å²) in [4.78, 5) is 12.0. The molecule has 98 valence electrons. The average molecular weight is 238 g/mol. The third kappa shape index (κ3) is 5.95. The van der Waals surface area contributed by atoms with E-state index >= 15 is 0 Å². The van der Waals surface area contributed by atoms with Gasteiger partial charge in [0.25, 0.3) is 0 Å². The van der Waals surface area contributed by atoms with Crippen molar-refractivity contribution in [2.75, 3.05) is 0 Å². The highest BCUT2D eigenvalue weighted by atomic mass is 16.5. The van der Waals surface area contributed by atoms with Crippen molar-refractivity contribution in [2.24, 2.45) is 5.41 Å². The normalized spacial score (nSPS) is 14.9. The summed E-state index contributed by atoms with van der Waals surface area (Å²) < 4.78 is 5.40. The van der Waals surface area contributed by atoms with Gasteiger partial charge in [0.15, 0.2) is 0 Å². The van der Waals surface area contributed by atoms with Gasteiger partial charge in [-0.1, -0.05) is 46.5 Å². The number of ether oxygens (including phenoxy) is 1. The topological polar surface area (TPSA) is 26.3 Å². The Morgan fingerprint density at radius 1 is 1.41 bits per heavy atom. The molecule has 2 atom stereocenters. The van der Waals surface area contributed by atoms with E-state index in [0.29, 0.717) is 5.82 Å². The lowest BCUT2D eigenvalue weighted by Gasteiger charge is -2.25. The van der Waals surface area contributed by atoms with E-state index in [0.717, 1.165) is 26.4 Å². The first-order valence-electron chi connectivity index (χ1n) is 6.71. The first kappa shape index (κ1) is 16.3. The molecule has 2 nitrogen and oxygen atoms in total. The minimum Gasteiger partial charge on any atom is -0.462 e. The van der Waals surface area contributed by atoms with Crippen LogP contribution in [0, 0.1) is 5.41 Å². The molecule has 0 radical (unpaired) electrons. The summed E-state index contributed by atoms with van der Waals surface area (Å²) in [5.41, 5.74) is -0.389. The summed E-state index contributed by atoms with van der Waals surface area (Å²) in [5, 5.41) is 0. The predicted molar refractivity (Wildman–Crippen MR) is 75.8 cm³/mol. The third-order valence-electron chi connectivity index (χ3n) is 3.43. The summed E-state index contributed by atoms with van der Waals surface area (Å²) in [6.45, 7) is 13.9. The van der Waals surface area contributed by atoms with Crippen LogP contribution in [0.1, 0.15) is 47.5 Å². The zero-order chi connectivity index (χ0) is 13.5. The van der Waals surface area contributed by atoms with Gasteiger partial charge in [-0.3, -0.25) is 4.79 Å². The van der Waals surface area contributed by atoms with Gasteiger partial charge in [-0.05, 0) is 19.2 Å². The molecular weight excluding hydrogens is 211 g/mol. The SMILES string of the molecule is C=CC(BCC(C)(C)C(=O)OC(C)CC)CC. The van der Waals surface area contributed by atoms with Crippen molar-refractivity contribution in [3.63, 3.8) is 0 Å². The first-order chi connectivity index (χ1) is 7.87. The molecule has 0 N–H and O–H groups in total. The molecule has 0 aromatic carbocycles. The highest BCUT2D eigenvalue weighted by molar-refractivity contribution is 6.39. The molecule has 0 spiro atoms. The van der Waals surface area contributed by atoms with Crippen LogP contribution in [0.2, 0.25) is 12.1 Å². The molecule has 0 aliphatic heterocycles. The van der Waals surface area contributed by atoms with Gasteiger partial charge in [0.05, 0.1) is 11.5 Å². The molecular formula is C14H27BO2. The molecule has 2 unspecified atom stereocenters. The number of hydrogen-bond donors (Lipinski definition) is 0. The summed E-state index contributed by atoms with van der Waals surface area (Å²) in [6, 6.07) is 0. The van der Waals surface area contributed by atoms with Crippen LogP contribution >= 0.6 is 0 Å². The van der Waals surface area contributed by atoms with Crippen molar-refractivity contribution in [3.05, 3.63) is 12.7 Å². The molecule has 0 aliphatic carbocycles. The summed E-state index contributed by atoms with van der Waals surface area (Å²) in [7, 11) is 1.00. The van der Waals surface area contributed by atoms with Crippen LogP contribution in [0.5, 0.6) is 0 Å². The maximum absolute atomic E-state index is 12.0. The summed E-state index contributed by atoms with van der Waals surface area (Å²) in [5.74, 6) is 0.427. The quantitative estimate of drug-likeness (QED) is 0.367. The molecule has 0 saturated heterocycles. The molecule has 0 amide bonds. The van der Waals surface area contributed by atoms with Crippen LogP contribution in [0.15, 0.2) is 12.7 Å². The minimum absolute atomic E-state index is 0.0168. The lowest BCUT2D eigenvalue weighted by Crippen LogP contribution is -2.31. The monoisotopic (exact) mass is 238 g/mol. The lowest BCUT2D eigenvalue weighted by atomic mass is 9.55. The van der Waals surface area contributed by atoms with Gasteiger partial charge >= 0.3 is 5.97 Å². The molecule has 0 rings (SSSR count). The van der Waals surface area contributed by atoms with Crippen molar-refractivity contribution < 1.29 is 9.53 Å². The second-order valence-corrected chi connectivity index (χ2v) is 5.45. The van der Waals surface area contributed by atoms with E-state index < -0.39 is 0 Å². The molecule has 0 fully saturated rings. The number of hydrogen-bond acceptors (Lipinski definition) is 2. The fourth-order valence-electron chi connectivity index (χ4n) is 1.56. The predicted octanol–water partition coefficient (Wildman–Crippen LogP) is 3.59. The smallest absolute Gasteiger partial charge is 0.311 e. The average Bonchev–Trinajstić information content (AvgIpc) is 2.29.